The van der Waals surface area contributed by atoms with Gasteiger partial charge in [0.25, 0.3) is 5.91 Å². The van der Waals surface area contributed by atoms with E-state index in [1.54, 1.807) is 19.5 Å². The fraction of sp³-hybridized carbons (Fsp3) is 0.375. The summed E-state index contributed by atoms with van der Waals surface area (Å²) in [7, 11) is 3.62. The molecule has 3 atom stereocenters. The molecule has 4 aromatic heterocycles. The summed E-state index contributed by atoms with van der Waals surface area (Å²) in [6, 6.07) is 13.5. The maximum Gasteiger partial charge on any atom is 0.254 e. The van der Waals surface area contributed by atoms with Crippen molar-refractivity contribution in [2.45, 2.75) is 32.5 Å². The number of ether oxygens (including phenoxy) is 1. The predicted octanol–water partition coefficient (Wildman–Crippen LogP) is 3.20. The van der Waals surface area contributed by atoms with E-state index in [0.717, 1.165) is 47.0 Å². The van der Waals surface area contributed by atoms with E-state index in [1.807, 2.05) is 55.3 Å². The highest BCUT2D eigenvalue weighted by atomic mass is 16.5. The molecule has 2 aliphatic rings. The fourth-order valence-electron chi connectivity index (χ4n) is 6.68. The number of aromatic nitrogens is 6. The van der Waals surface area contributed by atoms with Crippen LogP contribution in [0.2, 0.25) is 0 Å². The third-order valence-electron chi connectivity index (χ3n) is 9.20. The number of aryl methyl sites for hydroxylation is 1. The van der Waals surface area contributed by atoms with Gasteiger partial charge in [0.1, 0.15) is 28.8 Å². The summed E-state index contributed by atoms with van der Waals surface area (Å²) in [5.74, 6) is 2.72. The number of carbonyl (C=O) groups is 1. The molecular formula is C32H34N10O2. The first-order valence-electron chi connectivity index (χ1n) is 14.8. The lowest BCUT2D eigenvalue weighted by Crippen LogP contribution is -2.49. The molecule has 0 saturated carbocycles. The number of fused-ring (bicyclic) bond motifs is 2. The number of hydrogen-bond acceptors (Lipinski definition) is 9. The Bertz CT molecular complexity index is 1950. The summed E-state index contributed by atoms with van der Waals surface area (Å²) < 4.78 is 10.2. The quantitative estimate of drug-likeness (QED) is 0.315. The lowest BCUT2D eigenvalue weighted by molar-refractivity contribution is 0.0739. The number of nitriles is 1. The number of carbonyl (C=O) groups excluding carboxylic acids is 1. The van der Waals surface area contributed by atoms with Crippen molar-refractivity contribution < 1.29 is 9.53 Å². The molecule has 0 spiro atoms. The van der Waals surface area contributed by atoms with Crippen molar-refractivity contribution in [3.63, 3.8) is 0 Å². The first kappa shape index (κ1) is 27.8. The van der Waals surface area contributed by atoms with Crippen LogP contribution in [-0.4, -0.2) is 78.7 Å². The molecule has 12 heteroatoms. The van der Waals surface area contributed by atoms with Gasteiger partial charge in [-0.2, -0.15) is 5.26 Å². The van der Waals surface area contributed by atoms with Gasteiger partial charge in [0.05, 0.1) is 18.3 Å². The maximum atomic E-state index is 13.8. The molecule has 2 N–H and O–H groups in total. The van der Waals surface area contributed by atoms with Crippen LogP contribution in [0.25, 0.3) is 33.6 Å². The highest BCUT2D eigenvalue weighted by Gasteiger charge is 2.38. The molecule has 2 aliphatic heterocycles. The van der Waals surface area contributed by atoms with E-state index < -0.39 is 0 Å². The molecule has 0 radical (unpaired) electrons. The monoisotopic (exact) mass is 590 g/mol. The molecule has 1 amide bonds. The van der Waals surface area contributed by atoms with E-state index in [-0.39, 0.29) is 29.7 Å². The zero-order valence-corrected chi connectivity index (χ0v) is 25.2. The van der Waals surface area contributed by atoms with Crippen molar-refractivity contribution in [3.05, 3.63) is 60.2 Å². The third-order valence-corrected chi connectivity index (χ3v) is 9.20. The van der Waals surface area contributed by atoms with Gasteiger partial charge in [-0.05, 0) is 49.2 Å². The summed E-state index contributed by atoms with van der Waals surface area (Å²) in [5.41, 5.74) is 10.2. The second-order valence-electron chi connectivity index (χ2n) is 12.0. The van der Waals surface area contributed by atoms with E-state index in [2.05, 4.69) is 42.0 Å². The van der Waals surface area contributed by atoms with Crippen molar-refractivity contribution in [2.75, 3.05) is 31.6 Å². The Hall–Kier alpha value is -5.02. The van der Waals surface area contributed by atoms with Crippen molar-refractivity contribution in [3.8, 4) is 23.3 Å². The molecular weight excluding hydrogens is 556 g/mol. The van der Waals surface area contributed by atoms with Gasteiger partial charge in [-0.25, -0.2) is 19.9 Å². The molecule has 44 heavy (non-hydrogen) atoms. The zero-order chi connectivity index (χ0) is 30.7. The SMILES string of the molecule is COc1cc(C(=O)N2CC(C)[C@@H](N)C2C)cc2nc(-c3cc4cccnc4n3C)n(CC3CN(c4ccnc(C#N)n4)C3)c12. The number of nitrogens with zero attached hydrogens (tertiary/aromatic N) is 9. The van der Waals surface area contributed by atoms with Crippen molar-refractivity contribution in [1.29, 1.82) is 5.26 Å². The zero-order valence-electron chi connectivity index (χ0n) is 25.2. The summed E-state index contributed by atoms with van der Waals surface area (Å²) in [6.07, 6.45) is 3.40. The Morgan fingerprint density at radius 2 is 1.93 bits per heavy atom. The molecule has 2 unspecified atom stereocenters. The number of likely N-dealkylation sites (tertiary alicyclic amines) is 1. The molecule has 1 aromatic carbocycles. The highest BCUT2D eigenvalue weighted by molar-refractivity contribution is 6.00. The smallest absolute Gasteiger partial charge is 0.254 e. The Morgan fingerprint density at radius 3 is 2.64 bits per heavy atom. The first-order chi connectivity index (χ1) is 21.3. The van der Waals surface area contributed by atoms with Gasteiger partial charge in [0.2, 0.25) is 5.82 Å². The minimum Gasteiger partial charge on any atom is -0.494 e. The number of amides is 1. The number of hydrogen-bond donors (Lipinski definition) is 1. The minimum atomic E-state index is -0.0707. The van der Waals surface area contributed by atoms with Gasteiger partial charge in [0, 0.05) is 74.6 Å². The van der Waals surface area contributed by atoms with Crippen LogP contribution in [0.1, 0.15) is 30.0 Å². The maximum absolute atomic E-state index is 13.8. The molecule has 2 saturated heterocycles. The van der Waals surface area contributed by atoms with E-state index in [9.17, 15) is 10.1 Å². The number of methoxy groups -OCH3 is 1. The number of nitrogens with two attached hydrogens (primary N) is 1. The molecule has 224 valence electrons. The van der Waals surface area contributed by atoms with Crippen molar-refractivity contribution in [2.24, 2.45) is 24.6 Å². The van der Waals surface area contributed by atoms with Gasteiger partial charge in [-0.1, -0.05) is 6.92 Å². The number of anilines is 1. The molecule has 7 rings (SSSR count). The van der Waals surface area contributed by atoms with Crippen LogP contribution in [0.3, 0.4) is 0 Å². The van der Waals surface area contributed by atoms with Crippen molar-refractivity contribution >= 4 is 33.8 Å². The van der Waals surface area contributed by atoms with Crippen LogP contribution in [-0.2, 0) is 13.6 Å². The number of benzene rings is 1. The Balaban J connectivity index is 1.30. The summed E-state index contributed by atoms with van der Waals surface area (Å²) in [5, 5.41) is 10.2. The van der Waals surface area contributed by atoms with Gasteiger partial charge < -0.3 is 29.4 Å². The molecule has 0 bridgehead atoms. The average Bonchev–Trinajstić information content (AvgIpc) is 3.64. The predicted molar refractivity (Wildman–Crippen MR) is 166 cm³/mol. The molecule has 5 aromatic rings. The first-order valence-corrected chi connectivity index (χ1v) is 14.8. The Kier molecular flexibility index (Phi) is 6.70. The van der Waals surface area contributed by atoms with Gasteiger partial charge in [0.15, 0.2) is 5.82 Å². The van der Waals surface area contributed by atoms with Crippen molar-refractivity contribution in [1.82, 2.24) is 34.0 Å². The minimum absolute atomic E-state index is 0.0590. The number of pyridine rings is 1. The van der Waals surface area contributed by atoms with E-state index in [0.29, 0.717) is 35.8 Å². The second-order valence-corrected chi connectivity index (χ2v) is 12.0. The normalized spacial score (nSPS) is 20.3. The van der Waals surface area contributed by atoms with Crippen LogP contribution in [0.4, 0.5) is 5.82 Å². The van der Waals surface area contributed by atoms with E-state index in [4.69, 9.17) is 15.5 Å². The summed E-state index contributed by atoms with van der Waals surface area (Å²) >= 11 is 0. The topological polar surface area (TPSA) is 144 Å². The van der Waals surface area contributed by atoms with Gasteiger partial charge >= 0.3 is 0 Å². The van der Waals surface area contributed by atoms with Crippen LogP contribution >= 0.6 is 0 Å². The molecule has 0 aliphatic carbocycles. The molecule has 6 heterocycles. The Morgan fingerprint density at radius 1 is 1.11 bits per heavy atom. The third kappa shape index (κ3) is 4.43. The number of rotatable bonds is 6. The van der Waals surface area contributed by atoms with Crippen LogP contribution < -0.4 is 15.4 Å². The standard InChI is InChI=1S/C32H34N10O2/c1-18-14-41(19(2)28(18)34)32(43)22-10-23-29(25(12-22)44-4)42(17-20-15-40(16-20)27-7-9-35-26(13-33)38-27)31(37-23)24-11-21-6-5-8-36-30(21)39(24)3/h5-12,18-20,28H,14-17,34H2,1-4H3/t18?,19?,28-/m1/s1. The second kappa shape index (κ2) is 10.6. The fourth-order valence-corrected chi connectivity index (χ4v) is 6.68. The largest absolute Gasteiger partial charge is 0.494 e. The lowest BCUT2D eigenvalue weighted by atomic mass is 9.99. The molecule has 12 nitrogen and oxygen atoms in total. The van der Waals surface area contributed by atoms with Crippen LogP contribution in [0.5, 0.6) is 5.75 Å². The average molecular weight is 591 g/mol. The lowest BCUT2D eigenvalue weighted by Gasteiger charge is -2.40. The van der Waals surface area contributed by atoms with Crippen LogP contribution in [0, 0.1) is 23.2 Å². The van der Waals surface area contributed by atoms with Gasteiger partial charge in [-0.3, -0.25) is 4.79 Å². The summed E-state index contributed by atoms with van der Waals surface area (Å²) in [6.45, 7) is 6.91. The Labute approximate surface area is 254 Å². The summed E-state index contributed by atoms with van der Waals surface area (Å²) in [4.78, 5) is 35.9. The number of imidazole rings is 1. The van der Waals surface area contributed by atoms with Gasteiger partial charge in [-0.15, -0.1) is 0 Å². The highest BCUT2D eigenvalue weighted by Crippen LogP contribution is 2.37. The van der Waals surface area contributed by atoms with E-state index in [1.165, 1.54) is 0 Å². The molecule has 2 fully saturated rings. The van der Waals surface area contributed by atoms with E-state index >= 15 is 0 Å². The van der Waals surface area contributed by atoms with Crippen LogP contribution in [0.15, 0.2) is 48.8 Å².